The van der Waals surface area contributed by atoms with Crippen molar-refractivity contribution in [3.05, 3.63) is 40.7 Å². The number of nitrogens with two attached hydrogens (primary N) is 1. The Kier molecular flexibility index (Phi) is 7.30. The highest BCUT2D eigenvalue weighted by Crippen LogP contribution is 2.31. The lowest BCUT2D eigenvalue weighted by molar-refractivity contribution is 0.0996. The van der Waals surface area contributed by atoms with E-state index in [0.717, 1.165) is 11.5 Å². The molecule has 1 aromatic heterocycles. The van der Waals surface area contributed by atoms with Gasteiger partial charge < -0.3 is 20.7 Å². The summed E-state index contributed by atoms with van der Waals surface area (Å²) in [5, 5.41) is 5.43. The molecule has 28 heavy (non-hydrogen) atoms. The van der Waals surface area contributed by atoms with Gasteiger partial charge in [-0.05, 0) is 45.0 Å². The Bertz CT molecular complexity index is 856. The Labute approximate surface area is 167 Å². The number of urea groups is 1. The van der Waals surface area contributed by atoms with Crippen molar-refractivity contribution in [2.75, 3.05) is 26.0 Å². The summed E-state index contributed by atoms with van der Waals surface area (Å²) in [6.45, 7) is 3.90. The van der Waals surface area contributed by atoms with Crippen molar-refractivity contribution in [3.8, 4) is 5.88 Å². The number of hydrogen-bond donors (Lipinski definition) is 3. The Morgan fingerprint density at radius 1 is 1.39 bits per heavy atom. The zero-order chi connectivity index (χ0) is 20.8. The maximum Gasteiger partial charge on any atom is 0.319 e. The van der Waals surface area contributed by atoms with Crippen LogP contribution in [0.3, 0.4) is 0 Å². The number of likely N-dealkylation sites (N-methyl/N-ethyl adjacent to an activating group) is 1. The highest BCUT2D eigenvalue weighted by molar-refractivity contribution is 7.11. The summed E-state index contributed by atoms with van der Waals surface area (Å²) in [5.74, 6) is -1.23. The molecular formula is C18H24FN5O3S. The minimum Gasteiger partial charge on any atom is -0.471 e. The lowest BCUT2D eigenvalue weighted by atomic mass is 10.1. The molecule has 0 saturated heterocycles. The SMILES string of the molecule is Cc1cccc(COc2nsc(NC(=O)NCC(C)N(C)C)c2C(N)=O)c1F. The third kappa shape index (κ3) is 5.40. The number of aromatic nitrogens is 1. The van der Waals surface area contributed by atoms with E-state index in [0.29, 0.717) is 17.7 Å². The fourth-order valence-electron chi connectivity index (χ4n) is 2.21. The molecule has 0 aliphatic carbocycles. The van der Waals surface area contributed by atoms with Gasteiger partial charge in [0.1, 0.15) is 23.0 Å². The summed E-state index contributed by atoms with van der Waals surface area (Å²) in [7, 11) is 3.80. The predicted octanol–water partition coefficient (Wildman–Crippen LogP) is 2.34. The van der Waals surface area contributed by atoms with Crippen LogP contribution < -0.4 is 21.1 Å². The number of anilines is 1. The molecule has 0 bridgehead atoms. The van der Waals surface area contributed by atoms with Crippen molar-refractivity contribution < 1.29 is 18.7 Å². The second-order valence-corrected chi connectivity index (χ2v) is 7.31. The highest BCUT2D eigenvalue weighted by Gasteiger charge is 2.22. The third-order valence-electron chi connectivity index (χ3n) is 4.21. The van der Waals surface area contributed by atoms with E-state index in [1.807, 2.05) is 25.9 Å². The number of rotatable bonds is 8. The van der Waals surface area contributed by atoms with Crippen molar-refractivity contribution in [3.63, 3.8) is 0 Å². The fraction of sp³-hybridized carbons (Fsp3) is 0.389. The van der Waals surface area contributed by atoms with E-state index < -0.39 is 11.9 Å². The monoisotopic (exact) mass is 409 g/mol. The van der Waals surface area contributed by atoms with E-state index in [1.165, 1.54) is 0 Å². The fourth-order valence-corrected chi connectivity index (χ4v) is 2.95. The van der Waals surface area contributed by atoms with Crippen LogP contribution in [0, 0.1) is 12.7 Å². The summed E-state index contributed by atoms with van der Waals surface area (Å²) in [4.78, 5) is 25.9. The molecule has 8 nitrogen and oxygen atoms in total. The number of primary amides is 1. The van der Waals surface area contributed by atoms with E-state index in [2.05, 4.69) is 15.0 Å². The van der Waals surface area contributed by atoms with Crippen LogP contribution in [-0.4, -0.2) is 47.9 Å². The van der Waals surface area contributed by atoms with Crippen LogP contribution in [0.5, 0.6) is 5.88 Å². The van der Waals surface area contributed by atoms with Gasteiger partial charge >= 0.3 is 6.03 Å². The molecule has 152 valence electrons. The Morgan fingerprint density at radius 3 is 2.75 bits per heavy atom. The van der Waals surface area contributed by atoms with Crippen molar-refractivity contribution in [2.45, 2.75) is 26.5 Å². The maximum absolute atomic E-state index is 14.1. The number of aryl methyl sites for hydroxylation is 1. The number of carbonyl (C=O) groups excluding carboxylic acids is 2. The minimum atomic E-state index is -0.801. The Balaban J connectivity index is 2.07. The number of ether oxygens (including phenoxy) is 1. The first-order valence-electron chi connectivity index (χ1n) is 8.58. The molecule has 10 heteroatoms. The number of hydrogen-bond acceptors (Lipinski definition) is 6. The van der Waals surface area contributed by atoms with E-state index >= 15 is 0 Å². The molecule has 4 N–H and O–H groups in total. The summed E-state index contributed by atoms with van der Waals surface area (Å²) in [6, 6.07) is 4.58. The van der Waals surface area contributed by atoms with Gasteiger partial charge in [0.15, 0.2) is 0 Å². The van der Waals surface area contributed by atoms with E-state index in [4.69, 9.17) is 10.5 Å². The maximum atomic E-state index is 14.1. The van der Waals surface area contributed by atoms with Crippen LogP contribution in [0.2, 0.25) is 0 Å². The van der Waals surface area contributed by atoms with Gasteiger partial charge in [0, 0.05) is 18.2 Å². The third-order valence-corrected chi connectivity index (χ3v) is 4.96. The van der Waals surface area contributed by atoms with Crippen molar-refractivity contribution in [2.24, 2.45) is 5.73 Å². The average Bonchev–Trinajstić information content (AvgIpc) is 3.03. The minimum absolute atomic E-state index is 0.0460. The molecule has 1 atom stereocenters. The van der Waals surface area contributed by atoms with Crippen molar-refractivity contribution in [1.82, 2.24) is 14.6 Å². The summed E-state index contributed by atoms with van der Waals surface area (Å²) < 4.78 is 23.6. The summed E-state index contributed by atoms with van der Waals surface area (Å²) >= 11 is 0.864. The van der Waals surface area contributed by atoms with Crippen LogP contribution in [0.15, 0.2) is 18.2 Å². The van der Waals surface area contributed by atoms with Gasteiger partial charge in [0.2, 0.25) is 5.88 Å². The van der Waals surface area contributed by atoms with Crippen LogP contribution in [-0.2, 0) is 6.61 Å². The molecule has 0 radical (unpaired) electrons. The molecule has 1 aromatic carbocycles. The average molecular weight is 409 g/mol. The second-order valence-electron chi connectivity index (χ2n) is 6.54. The van der Waals surface area contributed by atoms with Crippen LogP contribution in [0.25, 0.3) is 0 Å². The molecular weight excluding hydrogens is 385 g/mol. The molecule has 0 spiro atoms. The zero-order valence-electron chi connectivity index (χ0n) is 16.2. The normalized spacial score (nSPS) is 11.9. The number of amides is 3. The summed E-state index contributed by atoms with van der Waals surface area (Å²) in [6.07, 6.45) is 0. The number of benzene rings is 1. The first-order valence-corrected chi connectivity index (χ1v) is 9.35. The van der Waals surface area contributed by atoms with Crippen LogP contribution in [0.4, 0.5) is 14.2 Å². The summed E-state index contributed by atoms with van der Waals surface area (Å²) in [5.41, 5.74) is 6.18. The smallest absolute Gasteiger partial charge is 0.319 e. The number of nitrogens with one attached hydrogen (secondary N) is 2. The number of halogens is 1. The van der Waals surface area contributed by atoms with Gasteiger partial charge in [0.05, 0.1) is 0 Å². The molecule has 3 amide bonds. The van der Waals surface area contributed by atoms with Crippen molar-refractivity contribution in [1.29, 1.82) is 0 Å². The van der Waals surface area contributed by atoms with Crippen molar-refractivity contribution >= 4 is 28.5 Å². The van der Waals surface area contributed by atoms with Gasteiger partial charge in [-0.2, -0.15) is 4.37 Å². The number of carbonyl (C=O) groups is 2. The topological polar surface area (TPSA) is 110 Å². The molecule has 0 aliphatic heterocycles. The lowest BCUT2D eigenvalue weighted by Crippen LogP contribution is -2.40. The molecule has 0 saturated carbocycles. The highest BCUT2D eigenvalue weighted by atomic mass is 32.1. The molecule has 2 rings (SSSR count). The molecule has 1 unspecified atom stereocenters. The standard InChI is InChI=1S/C18H24FN5O3S/c1-10-6-5-7-12(14(10)19)9-27-16-13(15(20)25)17(28-23-16)22-18(26)21-8-11(2)24(3)4/h5-7,11H,8-9H2,1-4H3,(H2,20,25)(H2,21,22,26). The molecule has 1 heterocycles. The van der Waals surface area contributed by atoms with E-state index in [9.17, 15) is 14.0 Å². The van der Waals surface area contributed by atoms with Crippen LogP contribution in [0.1, 0.15) is 28.4 Å². The van der Waals surface area contributed by atoms with Gasteiger partial charge in [-0.15, -0.1) is 0 Å². The first-order chi connectivity index (χ1) is 13.2. The van der Waals surface area contributed by atoms with Gasteiger partial charge in [0.25, 0.3) is 5.91 Å². The van der Waals surface area contributed by atoms with Gasteiger partial charge in [-0.3, -0.25) is 10.1 Å². The molecule has 0 fully saturated rings. The quantitative estimate of drug-likeness (QED) is 0.620. The number of nitrogens with zero attached hydrogens (tertiary/aromatic N) is 2. The Hall–Kier alpha value is -2.72. The first kappa shape index (κ1) is 21.6. The second kappa shape index (κ2) is 9.47. The van der Waals surface area contributed by atoms with Gasteiger partial charge in [-0.25, -0.2) is 9.18 Å². The molecule has 0 aliphatic rings. The van der Waals surface area contributed by atoms with Crippen LogP contribution >= 0.6 is 11.5 Å². The molecule has 2 aromatic rings. The predicted molar refractivity (Wildman–Crippen MR) is 106 cm³/mol. The van der Waals surface area contributed by atoms with Gasteiger partial charge in [-0.1, -0.05) is 18.2 Å². The lowest BCUT2D eigenvalue weighted by Gasteiger charge is -2.19. The van der Waals surface area contributed by atoms with E-state index in [-0.39, 0.29) is 34.9 Å². The zero-order valence-corrected chi connectivity index (χ0v) is 17.0. The Morgan fingerprint density at radius 2 is 2.11 bits per heavy atom. The largest absolute Gasteiger partial charge is 0.471 e. The van der Waals surface area contributed by atoms with E-state index in [1.54, 1.807) is 25.1 Å².